The van der Waals surface area contributed by atoms with Crippen LogP contribution in [0.4, 0.5) is 4.79 Å². The van der Waals surface area contributed by atoms with E-state index in [4.69, 9.17) is 38.1 Å². The average Bonchev–Trinajstić information content (AvgIpc) is 1.29. The minimum absolute atomic E-state index is 0.00521. The molecule has 0 aliphatic carbocycles. The molecular weight excluding hydrogens is 1660 g/mol. The van der Waals surface area contributed by atoms with Crippen LogP contribution in [0.25, 0.3) is 0 Å². The molecule has 0 bridgehead atoms. The van der Waals surface area contributed by atoms with Gasteiger partial charge in [0.05, 0.1) is 100 Å². The summed E-state index contributed by atoms with van der Waals surface area (Å²) in [5.41, 5.74) is 7.08. The van der Waals surface area contributed by atoms with Gasteiger partial charge in [-0.15, -0.1) is 0 Å². The van der Waals surface area contributed by atoms with Gasteiger partial charge in [0.2, 0.25) is 15.9 Å². The number of rotatable bonds is 12. The average molecular weight is 1850 g/mol. The molecule has 0 saturated carbocycles. The van der Waals surface area contributed by atoms with Crippen molar-refractivity contribution in [1.29, 1.82) is 0 Å². The summed E-state index contributed by atoms with van der Waals surface area (Å²) in [7, 11) is -7.22. The molecule has 30 nitrogen and oxygen atoms in total. The fourth-order valence-corrected chi connectivity index (χ4v) is 17.3. The van der Waals surface area contributed by atoms with Gasteiger partial charge in [0.15, 0.2) is 16.2 Å². The molecule has 0 spiro atoms. The first-order valence-electron chi connectivity index (χ1n) is 44.5. The van der Waals surface area contributed by atoms with Gasteiger partial charge < -0.3 is 48.0 Å². The van der Waals surface area contributed by atoms with Gasteiger partial charge in [0.25, 0.3) is 0 Å². The Labute approximate surface area is 758 Å². The van der Waals surface area contributed by atoms with Gasteiger partial charge in [0.1, 0.15) is 18.7 Å². The number of amides is 2. The van der Waals surface area contributed by atoms with Crippen molar-refractivity contribution in [1.82, 2.24) is 44.0 Å². The maximum Gasteiger partial charge on any atom is 0.410 e. The van der Waals surface area contributed by atoms with Crippen LogP contribution in [0.5, 0.6) is 0 Å². The molecule has 9 rings (SSSR count). The van der Waals surface area contributed by atoms with Gasteiger partial charge in [0, 0.05) is 123 Å². The van der Waals surface area contributed by atoms with Crippen LogP contribution in [0.2, 0.25) is 0 Å². The van der Waals surface area contributed by atoms with Gasteiger partial charge >= 0.3 is 21.6 Å². The van der Waals surface area contributed by atoms with E-state index in [0.717, 1.165) is 83.5 Å². The van der Waals surface area contributed by atoms with Gasteiger partial charge in [-0.3, -0.25) is 43.2 Å². The standard InChI is InChI=1S/C8H20NO3P.C8H17NO2S.C8H13NO.C8H14O2.C7H13NO2.C7H15NO.C7H13NO.C7H15N.C7H14O.C6H16NO3P.C6H13NO2S.C6H13N.C5H12N2/c1-6-11-13(10,12-7-2)9-8(3,4)5;1-8(2,3)9-4-6-12(10,11)7-5-9;1-8(2,3)4-7-5-10-6-9-7;1-8(2,3)7(9)6-4-10-5-6;1-7(2,3)8-4-5-10-6(8)9;1-7(2,3)8-4-5-9-6-8;1-6(2)8-5-3-4-7(8)9;1-7(2,3)8-5-4-6-8;1-7(2,3)6-4-8-5-6;1-6(2,3)7-11(8,9-4)10-5;1-6(2)7-4-3-5-10(7,8)9;1-6(2,3)5-7-4;1-5(2,3)7-4-6/h6-7H2,1-5H3,(H,9,10);4-7H2,1-3H3;5-6H,4H2,1-3H3;6H,4-5H2,1-3H3;4-5H2,1-3H3;4-6H2,1-3H3;6H,3-5H2,1-2H3;4-6H2,1-3H3;6H,4-5H2,1-3H3;1-5H3,(H,7,8);6H,3-5H2,1-2H3;5H,1-4H3;4H,1-3H3,(H2,6,7). The lowest BCUT2D eigenvalue weighted by Gasteiger charge is -2.42. The number of nitrogens with two attached hydrogens (primary N) is 1. The Morgan fingerprint density at radius 1 is 0.589 bits per heavy atom. The number of Topliss-reactive ketones (excluding diaryl/α,β-unsaturated/α-hetero) is 1. The number of ketones is 1. The second-order valence-electron chi connectivity index (χ2n) is 43.7. The third kappa shape index (κ3) is 63.6. The van der Waals surface area contributed by atoms with E-state index >= 15 is 0 Å². The summed E-state index contributed by atoms with van der Waals surface area (Å²) >= 11 is 0. The molecule has 34 heteroatoms. The van der Waals surface area contributed by atoms with Crippen LogP contribution in [0.3, 0.4) is 0 Å². The van der Waals surface area contributed by atoms with E-state index in [9.17, 15) is 40.3 Å². The van der Waals surface area contributed by atoms with E-state index in [0.29, 0.717) is 104 Å². The van der Waals surface area contributed by atoms with E-state index in [2.05, 4.69) is 187 Å². The molecule has 0 radical (unpaired) electrons. The minimum Gasteiger partial charge on any atom is -0.451 e. The van der Waals surface area contributed by atoms with Crippen LogP contribution in [0, 0.1) is 33.5 Å². The highest BCUT2D eigenvalue weighted by Crippen LogP contribution is 2.46. The lowest BCUT2D eigenvalue weighted by Crippen LogP contribution is -2.49. The van der Waals surface area contributed by atoms with Gasteiger partial charge in [-0.1, -0.05) is 83.1 Å². The van der Waals surface area contributed by atoms with Crippen molar-refractivity contribution in [3.05, 3.63) is 18.4 Å². The number of cyclic esters (lactones) is 1. The number of hydrogen-bond donors (Lipinski definition) is 3. The summed E-state index contributed by atoms with van der Waals surface area (Å²) in [5, 5.41) is 5.59. The molecule has 738 valence electrons. The summed E-state index contributed by atoms with van der Waals surface area (Å²) in [6.07, 6.45) is 11.2. The summed E-state index contributed by atoms with van der Waals surface area (Å²) in [6.45, 7) is 94.0. The number of aliphatic imine (C=N–C) groups is 2. The first-order valence-corrected chi connectivity index (χ1v) is 51.0. The number of aromatic nitrogens is 1. The van der Waals surface area contributed by atoms with Crippen molar-refractivity contribution in [3.63, 3.8) is 0 Å². The third-order valence-corrected chi connectivity index (χ3v) is 26.4. The number of nitrogens with zero attached hydrogens (tertiary/aromatic N) is 9. The maximum absolute atomic E-state index is 11.9. The maximum atomic E-state index is 11.9. The van der Waals surface area contributed by atoms with Crippen LogP contribution in [-0.4, -0.2) is 282 Å². The number of ether oxygens (including phenoxy) is 4. The molecule has 124 heavy (non-hydrogen) atoms. The molecule has 9 heterocycles. The molecule has 1 aromatic rings. The zero-order valence-electron chi connectivity index (χ0n) is 86.5. The Morgan fingerprint density at radius 2 is 1.06 bits per heavy atom. The molecule has 8 fully saturated rings. The second kappa shape index (κ2) is 57.1. The number of likely N-dealkylation sites (tertiary alicyclic amines) is 2. The zero-order chi connectivity index (χ0) is 98.0. The number of oxazole rings is 1. The molecule has 8 aliphatic rings. The van der Waals surface area contributed by atoms with Gasteiger partial charge in [-0.25, -0.2) is 45.9 Å². The highest BCUT2D eigenvalue weighted by molar-refractivity contribution is 7.91. The van der Waals surface area contributed by atoms with E-state index < -0.39 is 35.4 Å². The number of carbonyl (C=O) groups is 3. The number of sulfonamides is 1. The number of nitrogens with one attached hydrogen (secondary N) is 2. The normalized spacial score (nSPS) is 18.9. The van der Waals surface area contributed by atoms with Gasteiger partial charge in [-0.05, 0) is 242 Å². The van der Waals surface area contributed by atoms with Crippen molar-refractivity contribution < 1.29 is 81.8 Å². The molecule has 8 aliphatic heterocycles. The molecule has 0 atom stereocenters. The van der Waals surface area contributed by atoms with Crippen molar-refractivity contribution in [2.24, 2.45) is 49.2 Å². The summed E-state index contributed by atoms with van der Waals surface area (Å²) < 4.78 is 114. The fraction of sp³-hybridized carbons (Fsp3) is 0.911. The van der Waals surface area contributed by atoms with Gasteiger partial charge in [-0.2, -0.15) is 4.31 Å². The van der Waals surface area contributed by atoms with E-state index in [1.807, 2.05) is 129 Å². The first kappa shape index (κ1) is 127. The smallest absolute Gasteiger partial charge is 0.410 e. The molecule has 8 saturated heterocycles. The minimum atomic E-state index is -3.09. The third-order valence-electron chi connectivity index (χ3n) is 18.6. The predicted octanol–water partition coefficient (Wildman–Crippen LogP) is 17.8. The Bertz CT molecular complexity index is 3360. The van der Waals surface area contributed by atoms with E-state index in [1.165, 1.54) is 46.5 Å². The highest BCUT2D eigenvalue weighted by Gasteiger charge is 2.37. The van der Waals surface area contributed by atoms with Crippen LogP contribution in [0.15, 0.2) is 27.1 Å². The second-order valence-corrected chi connectivity index (χ2v) is 51.7. The summed E-state index contributed by atoms with van der Waals surface area (Å²) in [4.78, 5) is 55.8. The number of sulfone groups is 1. The van der Waals surface area contributed by atoms with Crippen molar-refractivity contribution in [2.75, 3.05) is 150 Å². The Balaban J connectivity index is -0.000000631. The molecule has 2 amide bonds. The molecule has 1 aromatic heterocycles. The Kier molecular flexibility index (Phi) is 58.5. The van der Waals surface area contributed by atoms with Crippen molar-refractivity contribution >= 4 is 65.7 Å². The predicted molar refractivity (Wildman–Crippen MR) is 514 cm³/mol. The summed E-state index contributed by atoms with van der Waals surface area (Å²) in [5.74, 6) is 2.63. The summed E-state index contributed by atoms with van der Waals surface area (Å²) in [6, 6.07) is 0.535. The van der Waals surface area contributed by atoms with Crippen molar-refractivity contribution in [2.45, 2.75) is 353 Å². The van der Waals surface area contributed by atoms with Crippen molar-refractivity contribution in [3.8, 4) is 0 Å². The Morgan fingerprint density at radius 3 is 1.23 bits per heavy atom. The Hall–Kier alpha value is -3.40. The first-order chi connectivity index (χ1) is 55.8. The van der Waals surface area contributed by atoms with E-state index in [1.54, 1.807) is 36.4 Å². The topological polar surface area (TPSA) is 348 Å². The van der Waals surface area contributed by atoms with E-state index in [-0.39, 0.29) is 62.1 Å². The largest absolute Gasteiger partial charge is 0.451 e. The molecule has 0 aromatic carbocycles. The monoisotopic (exact) mass is 1850 g/mol. The zero-order valence-corrected chi connectivity index (χ0v) is 89.9. The quantitative estimate of drug-likeness (QED) is 0.0994. The molecule has 0 unspecified atom stereocenters. The lowest BCUT2D eigenvalue weighted by molar-refractivity contribution is -0.144. The van der Waals surface area contributed by atoms with Crippen LogP contribution in [-0.2, 0) is 82.0 Å². The van der Waals surface area contributed by atoms with Crippen LogP contribution in [0.1, 0.15) is 301 Å². The highest BCUT2D eigenvalue weighted by atomic mass is 32.2. The number of hydrogen-bond acceptors (Lipinski definition) is 24. The SMILES string of the molecule is CC(C)(C)C(=O)C1COC1.CC(C)(C)C1COC1.CC(C)(C)Cc1cocn1.CC(C)(C)N1CCC1.CC(C)(C)N1CCOC1.CC(C)(C)N1CCOC1=O.CC(C)(C)N1CCS(=O)(=O)CC1.CC(C)(C)N=CN.CC(C)N1CCCC1=O.CC(C)N1CCCS1(=O)=O.CCOP(=O)(NC(C)(C)C)OCC.CN=CC(C)(C)C.COP(=O)(NC(C)(C)C)OC. The molecule has 4 N–H and O–H groups in total. The van der Waals surface area contributed by atoms with Crippen LogP contribution < -0.4 is 15.9 Å². The lowest BCUT2D eigenvalue weighted by atomic mass is 9.80. The number of carbonyl (C=O) groups excluding carboxylic acids is 3. The fourth-order valence-electron chi connectivity index (χ4n) is 11.4. The van der Waals surface area contributed by atoms with Crippen LogP contribution >= 0.6 is 15.5 Å². The molecular formula is C90H188N12O18P2S2.